The van der Waals surface area contributed by atoms with Crippen LogP contribution >= 0.6 is 11.3 Å². The van der Waals surface area contributed by atoms with Gasteiger partial charge in [-0.25, -0.2) is 9.97 Å². The van der Waals surface area contributed by atoms with E-state index in [0.29, 0.717) is 12.2 Å². The van der Waals surface area contributed by atoms with Gasteiger partial charge in [0.25, 0.3) is 5.91 Å². The van der Waals surface area contributed by atoms with Crippen molar-refractivity contribution in [3.63, 3.8) is 0 Å². The van der Waals surface area contributed by atoms with E-state index >= 15 is 0 Å². The van der Waals surface area contributed by atoms with Crippen LogP contribution in [0.2, 0.25) is 0 Å². The van der Waals surface area contributed by atoms with Gasteiger partial charge in [-0.15, -0.1) is 11.3 Å². The molecule has 3 heterocycles. The highest BCUT2D eigenvalue weighted by atomic mass is 32.1. The molecule has 2 N–H and O–H groups in total. The van der Waals surface area contributed by atoms with Gasteiger partial charge in [0.15, 0.2) is 0 Å². The van der Waals surface area contributed by atoms with Crippen molar-refractivity contribution >= 4 is 28.3 Å². The van der Waals surface area contributed by atoms with Crippen LogP contribution in [0.4, 0.5) is 0 Å². The summed E-state index contributed by atoms with van der Waals surface area (Å²) in [6.07, 6.45) is 7.27. The van der Waals surface area contributed by atoms with E-state index in [1.165, 1.54) is 0 Å². The first-order chi connectivity index (χ1) is 13.8. The van der Waals surface area contributed by atoms with Gasteiger partial charge in [0.05, 0.1) is 16.0 Å². The largest absolute Gasteiger partial charge is 0.347 e. The SMILES string of the molecule is O=C(NCc1ccncc1)c1csc(CCCCc2nc3ccccc3[nH]2)n1. The minimum absolute atomic E-state index is 0.137. The van der Waals surface area contributed by atoms with E-state index in [4.69, 9.17) is 0 Å². The Morgan fingerprint density at radius 1 is 1.04 bits per heavy atom. The van der Waals surface area contributed by atoms with E-state index in [2.05, 4.69) is 25.3 Å². The van der Waals surface area contributed by atoms with Crippen molar-refractivity contribution in [2.45, 2.75) is 32.2 Å². The van der Waals surface area contributed by atoms with Gasteiger partial charge in [0, 0.05) is 30.7 Å². The number of aromatic nitrogens is 4. The van der Waals surface area contributed by atoms with Gasteiger partial charge in [-0.2, -0.15) is 0 Å². The van der Waals surface area contributed by atoms with E-state index in [9.17, 15) is 4.79 Å². The summed E-state index contributed by atoms with van der Waals surface area (Å²) in [5.74, 6) is 0.887. The quantitative estimate of drug-likeness (QED) is 0.446. The molecule has 1 aromatic carbocycles. The van der Waals surface area contributed by atoms with Crippen LogP contribution in [-0.2, 0) is 19.4 Å². The molecule has 0 aliphatic rings. The number of unbranched alkanes of at least 4 members (excludes halogenated alkanes) is 1. The molecule has 1 amide bonds. The molecule has 4 aromatic rings. The lowest BCUT2D eigenvalue weighted by Crippen LogP contribution is -2.23. The molecule has 3 aromatic heterocycles. The number of benzene rings is 1. The Morgan fingerprint density at radius 2 is 1.86 bits per heavy atom. The predicted octanol–water partition coefficient (Wildman–Crippen LogP) is 3.91. The van der Waals surface area contributed by atoms with Gasteiger partial charge in [0.2, 0.25) is 0 Å². The number of nitrogens with zero attached hydrogens (tertiary/aromatic N) is 3. The zero-order valence-corrected chi connectivity index (χ0v) is 16.2. The van der Waals surface area contributed by atoms with Crippen LogP contribution < -0.4 is 5.32 Å². The van der Waals surface area contributed by atoms with Gasteiger partial charge in [0.1, 0.15) is 11.5 Å². The summed E-state index contributed by atoms with van der Waals surface area (Å²) in [7, 11) is 0. The maximum absolute atomic E-state index is 12.2. The van der Waals surface area contributed by atoms with Crippen molar-refractivity contribution in [1.82, 2.24) is 25.3 Å². The molecule has 0 unspecified atom stereocenters. The molecule has 0 atom stereocenters. The lowest BCUT2D eigenvalue weighted by molar-refractivity contribution is 0.0946. The van der Waals surface area contributed by atoms with E-state index in [1.807, 2.05) is 41.8 Å². The lowest BCUT2D eigenvalue weighted by atomic mass is 10.2. The summed E-state index contributed by atoms with van der Waals surface area (Å²) in [4.78, 5) is 28.6. The molecule has 142 valence electrons. The van der Waals surface area contributed by atoms with Crippen molar-refractivity contribution in [2.75, 3.05) is 0 Å². The van der Waals surface area contributed by atoms with Gasteiger partial charge in [-0.05, 0) is 49.1 Å². The number of rotatable bonds is 8. The zero-order chi connectivity index (χ0) is 19.2. The molecule has 6 nitrogen and oxygen atoms in total. The van der Waals surface area contributed by atoms with Gasteiger partial charge < -0.3 is 10.3 Å². The van der Waals surface area contributed by atoms with Crippen LogP contribution in [0.15, 0.2) is 54.2 Å². The van der Waals surface area contributed by atoms with Crippen molar-refractivity contribution in [1.29, 1.82) is 0 Å². The summed E-state index contributed by atoms with van der Waals surface area (Å²) < 4.78 is 0. The molecule has 0 saturated heterocycles. The highest BCUT2D eigenvalue weighted by Crippen LogP contribution is 2.15. The third-order valence-corrected chi connectivity index (χ3v) is 5.39. The molecule has 0 radical (unpaired) electrons. The number of hydrogen-bond donors (Lipinski definition) is 2. The van der Waals surface area contributed by atoms with E-state index in [-0.39, 0.29) is 5.91 Å². The lowest BCUT2D eigenvalue weighted by Gasteiger charge is -2.02. The number of thiazole rings is 1. The van der Waals surface area contributed by atoms with Crippen LogP contribution in [0, 0.1) is 0 Å². The summed E-state index contributed by atoms with van der Waals surface area (Å²) in [5, 5.41) is 5.72. The molecule has 0 fully saturated rings. The Labute approximate surface area is 167 Å². The van der Waals surface area contributed by atoms with Gasteiger partial charge in [-0.1, -0.05) is 12.1 Å². The zero-order valence-electron chi connectivity index (χ0n) is 15.4. The minimum atomic E-state index is -0.137. The minimum Gasteiger partial charge on any atom is -0.347 e. The summed E-state index contributed by atoms with van der Waals surface area (Å²) in [6, 6.07) is 11.8. The first kappa shape index (κ1) is 18.3. The fraction of sp³-hybridized carbons (Fsp3) is 0.238. The standard InChI is InChI=1S/C21H21N5OS/c27-21(23-13-15-9-11-22-12-10-15)18-14-28-20(26-18)8-4-3-7-19-24-16-5-1-2-6-17(16)25-19/h1-2,5-6,9-12,14H,3-4,7-8,13H2,(H,23,27)(H,24,25). The third kappa shape index (κ3) is 4.61. The van der Waals surface area contributed by atoms with Gasteiger partial charge in [-0.3, -0.25) is 9.78 Å². The fourth-order valence-corrected chi connectivity index (χ4v) is 3.82. The number of carbonyl (C=O) groups excluding carboxylic acids is 1. The van der Waals surface area contributed by atoms with E-state index in [1.54, 1.807) is 23.7 Å². The highest BCUT2D eigenvalue weighted by molar-refractivity contribution is 7.09. The number of amides is 1. The average molecular weight is 392 g/mol. The normalized spacial score (nSPS) is 11.0. The predicted molar refractivity (Wildman–Crippen MR) is 110 cm³/mol. The number of aromatic amines is 1. The Morgan fingerprint density at radius 3 is 2.71 bits per heavy atom. The van der Waals surface area contributed by atoms with Crippen molar-refractivity contribution in [2.24, 2.45) is 0 Å². The second kappa shape index (κ2) is 8.75. The summed E-state index contributed by atoms with van der Waals surface area (Å²) in [5.41, 5.74) is 3.61. The Balaban J connectivity index is 1.22. The van der Waals surface area contributed by atoms with Crippen LogP contribution in [0.5, 0.6) is 0 Å². The van der Waals surface area contributed by atoms with Crippen LogP contribution in [-0.4, -0.2) is 25.8 Å². The molecule has 0 saturated carbocycles. The number of hydrogen-bond acceptors (Lipinski definition) is 5. The van der Waals surface area contributed by atoms with Crippen LogP contribution in [0.3, 0.4) is 0 Å². The monoisotopic (exact) mass is 391 g/mol. The molecular weight excluding hydrogens is 370 g/mol. The summed E-state index contributed by atoms with van der Waals surface area (Å²) >= 11 is 1.54. The Hall–Kier alpha value is -3.06. The van der Waals surface area contributed by atoms with Crippen LogP contribution in [0.1, 0.15) is 39.7 Å². The first-order valence-corrected chi connectivity index (χ1v) is 10.2. The van der Waals surface area contributed by atoms with Crippen molar-refractivity contribution < 1.29 is 4.79 Å². The molecule has 0 aliphatic carbocycles. The molecule has 28 heavy (non-hydrogen) atoms. The molecule has 7 heteroatoms. The molecule has 4 rings (SSSR count). The topological polar surface area (TPSA) is 83.6 Å². The Bertz CT molecular complexity index is 1020. The number of aryl methyl sites for hydroxylation is 2. The summed E-state index contributed by atoms with van der Waals surface area (Å²) in [6.45, 7) is 0.478. The number of para-hydroxylation sites is 2. The van der Waals surface area contributed by atoms with Crippen LogP contribution in [0.25, 0.3) is 11.0 Å². The number of imidazole rings is 1. The maximum Gasteiger partial charge on any atom is 0.271 e. The van der Waals surface area contributed by atoms with Gasteiger partial charge >= 0.3 is 0 Å². The molecule has 0 bridgehead atoms. The number of fused-ring (bicyclic) bond motifs is 1. The Kier molecular flexibility index (Phi) is 5.72. The molecule has 0 aliphatic heterocycles. The highest BCUT2D eigenvalue weighted by Gasteiger charge is 2.10. The number of nitrogens with one attached hydrogen (secondary N) is 2. The average Bonchev–Trinajstić information content (AvgIpc) is 3.37. The second-order valence-electron chi connectivity index (χ2n) is 6.57. The van der Waals surface area contributed by atoms with E-state index in [0.717, 1.165) is 53.1 Å². The maximum atomic E-state index is 12.2. The number of H-pyrrole nitrogens is 1. The molecule has 0 spiro atoms. The smallest absolute Gasteiger partial charge is 0.271 e. The first-order valence-electron chi connectivity index (χ1n) is 9.33. The third-order valence-electron chi connectivity index (χ3n) is 4.48. The van der Waals surface area contributed by atoms with Crippen molar-refractivity contribution in [3.05, 3.63) is 76.3 Å². The molecular formula is C21H21N5OS. The number of carbonyl (C=O) groups is 1. The van der Waals surface area contributed by atoms with E-state index < -0.39 is 0 Å². The number of pyridine rings is 1. The second-order valence-corrected chi connectivity index (χ2v) is 7.52. The fourth-order valence-electron chi connectivity index (χ4n) is 3.00. The van der Waals surface area contributed by atoms with Crippen molar-refractivity contribution in [3.8, 4) is 0 Å².